The Labute approximate surface area is 112 Å². The van der Waals surface area contributed by atoms with E-state index >= 15 is 0 Å². The van der Waals surface area contributed by atoms with E-state index in [1.54, 1.807) is 12.1 Å². The highest BCUT2D eigenvalue weighted by Crippen LogP contribution is 2.15. The van der Waals surface area contributed by atoms with Crippen molar-refractivity contribution in [1.82, 2.24) is 10.6 Å². The predicted molar refractivity (Wildman–Crippen MR) is 68.1 cm³/mol. The van der Waals surface area contributed by atoms with Crippen LogP contribution in [0.4, 0.5) is 9.18 Å². The zero-order chi connectivity index (χ0) is 13.7. The highest BCUT2D eigenvalue weighted by atomic mass is 79.9. The van der Waals surface area contributed by atoms with Gasteiger partial charge < -0.3 is 16.4 Å². The van der Waals surface area contributed by atoms with Gasteiger partial charge in [-0.1, -0.05) is 15.9 Å². The van der Waals surface area contributed by atoms with Crippen LogP contribution in [0.15, 0.2) is 22.7 Å². The number of amides is 3. The van der Waals surface area contributed by atoms with Crippen LogP contribution in [0, 0.1) is 5.82 Å². The molecule has 5 nitrogen and oxygen atoms in total. The topological polar surface area (TPSA) is 84.2 Å². The van der Waals surface area contributed by atoms with Crippen molar-refractivity contribution < 1.29 is 14.0 Å². The SMILES string of the molecule is C[C@@H](NC(N)=O)C(=O)NCc1cc(Br)ccc1F. The predicted octanol–water partition coefficient (Wildman–Crippen LogP) is 1.26. The van der Waals surface area contributed by atoms with Crippen molar-refractivity contribution in [2.24, 2.45) is 5.73 Å². The fourth-order valence-electron chi connectivity index (χ4n) is 1.29. The molecule has 1 rings (SSSR count). The molecule has 3 amide bonds. The normalized spacial score (nSPS) is 11.7. The third-order valence-electron chi connectivity index (χ3n) is 2.21. The smallest absolute Gasteiger partial charge is 0.312 e. The van der Waals surface area contributed by atoms with Crippen molar-refractivity contribution in [3.05, 3.63) is 34.1 Å². The molecule has 18 heavy (non-hydrogen) atoms. The van der Waals surface area contributed by atoms with Crippen LogP contribution in [0.1, 0.15) is 12.5 Å². The highest BCUT2D eigenvalue weighted by molar-refractivity contribution is 9.10. The molecule has 0 unspecified atom stereocenters. The van der Waals surface area contributed by atoms with Crippen molar-refractivity contribution in [3.63, 3.8) is 0 Å². The Bertz CT molecular complexity index is 468. The van der Waals surface area contributed by atoms with E-state index in [-0.39, 0.29) is 6.54 Å². The summed E-state index contributed by atoms with van der Waals surface area (Å²) in [5, 5.41) is 4.73. The Balaban J connectivity index is 2.57. The Morgan fingerprint density at radius 1 is 1.50 bits per heavy atom. The van der Waals surface area contributed by atoms with Crippen LogP contribution in [0.2, 0.25) is 0 Å². The molecule has 0 heterocycles. The summed E-state index contributed by atoms with van der Waals surface area (Å²) in [7, 11) is 0. The summed E-state index contributed by atoms with van der Waals surface area (Å²) in [5.74, 6) is -0.845. The first-order chi connectivity index (χ1) is 8.40. The molecule has 98 valence electrons. The molecule has 0 aliphatic carbocycles. The molecule has 0 aliphatic heterocycles. The molecule has 7 heteroatoms. The lowest BCUT2D eigenvalue weighted by Crippen LogP contribution is -2.46. The Morgan fingerprint density at radius 2 is 2.17 bits per heavy atom. The number of benzene rings is 1. The number of carbonyl (C=O) groups is 2. The number of primary amides is 1. The summed E-state index contributed by atoms with van der Waals surface area (Å²) in [6, 6.07) is 2.89. The maximum absolute atomic E-state index is 13.4. The molecule has 0 spiro atoms. The molecule has 0 saturated heterocycles. The van der Waals surface area contributed by atoms with Gasteiger partial charge in [0, 0.05) is 16.6 Å². The van der Waals surface area contributed by atoms with Gasteiger partial charge in [0.15, 0.2) is 0 Å². The van der Waals surface area contributed by atoms with E-state index in [1.165, 1.54) is 13.0 Å². The Hall–Kier alpha value is -1.63. The van der Waals surface area contributed by atoms with Crippen LogP contribution < -0.4 is 16.4 Å². The fourth-order valence-corrected chi connectivity index (χ4v) is 1.70. The van der Waals surface area contributed by atoms with Crippen molar-refractivity contribution in [2.45, 2.75) is 19.5 Å². The van der Waals surface area contributed by atoms with Gasteiger partial charge in [0.25, 0.3) is 0 Å². The summed E-state index contributed by atoms with van der Waals surface area (Å²) in [6.45, 7) is 1.52. The average molecular weight is 318 g/mol. The number of nitrogens with two attached hydrogens (primary N) is 1. The van der Waals surface area contributed by atoms with Gasteiger partial charge in [0.2, 0.25) is 5.91 Å². The van der Waals surface area contributed by atoms with Gasteiger partial charge in [-0.25, -0.2) is 9.18 Å². The number of nitrogens with one attached hydrogen (secondary N) is 2. The van der Waals surface area contributed by atoms with Crippen molar-refractivity contribution in [1.29, 1.82) is 0 Å². The van der Waals surface area contributed by atoms with Gasteiger partial charge in [-0.05, 0) is 25.1 Å². The lowest BCUT2D eigenvalue weighted by Gasteiger charge is -2.12. The molecule has 0 bridgehead atoms. The van der Waals surface area contributed by atoms with Crippen LogP contribution in [-0.4, -0.2) is 18.0 Å². The van der Waals surface area contributed by atoms with Crippen LogP contribution in [0.25, 0.3) is 0 Å². The van der Waals surface area contributed by atoms with Gasteiger partial charge in [0.1, 0.15) is 11.9 Å². The standard InChI is InChI=1S/C11H13BrFN3O2/c1-6(16-11(14)18)10(17)15-5-7-4-8(12)2-3-9(7)13/h2-4,6H,5H2,1H3,(H,15,17)(H3,14,16,18)/t6-/m1/s1. The van der Waals surface area contributed by atoms with Gasteiger partial charge in [-0.15, -0.1) is 0 Å². The van der Waals surface area contributed by atoms with E-state index in [0.717, 1.165) is 4.47 Å². The van der Waals surface area contributed by atoms with Crippen molar-refractivity contribution >= 4 is 27.9 Å². The summed E-state index contributed by atoms with van der Waals surface area (Å²) in [6.07, 6.45) is 0. The zero-order valence-electron chi connectivity index (χ0n) is 9.67. The van der Waals surface area contributed by atoms with Crippen LogP contribution >= 0.6 is 15.9 Å². The second-order valence-electron chi connectivity index (χ2n) is 3.68. The zero-order valence-corrected chi connectivity index (χ0v) is 11.3. The number of hydrogen-bond donors (Lipinski definition) is 3. The first-order valence-corrected chi connectivity index (χ1v) is 5.97. The first-order valence-electron chi connectivity index (χ1n) is 5.17. The monoisotopic (exact) mass is 317 g/mol. The number of hydrogen-bond acceptors (Lipinski definition) is 2. The van der Waals surface area contributed by atoms with E-state index in [4.69, 9.17) is 5.73 Å². The molecule has 0 fully saturated rings. The van der Waals surface area contributed by atoms with Gasteiger partial charge in [-0.2, -0.15) is 0 Å². The van der Waals surface area contributed by atoms with Crippen molar-refractivity contribution in [2.75, 3.05) is 0 Å². The molecule has 4 N–H and O–H groups in total. The van der Waals surface area contributed by atoms with Gasteiger partial charge in [0.05, 0.1) is 0 Å². The Kier molecular flexibility index (Phi) is 5.08. The van der Waals surface area contributed by atoms with E-state index in [2.05, 4.69) is 26.6 Å². The number of rotatable bonds is 4. The van der Waals surface area contributed by atoms with Gasteiger partial charge >= 0.3 is 6.03 Å². The summed E-state index contributed by atoms with van der Waals surface area (Å²) >= 11 is 3.21. The molecular weight excluding hydrogens is 305 g/mol. The van der Waals surface area contributed by atoms with Gasteiger partial charge in [-0.3, -0.25) is 4.79 Å². The molecule has 0 aliphatic rings. The third kappa shape index (κ3) is 4.33. The summed E-state index contributed by atoms with van der Waals surface area (Å²) < 4.78 is 14.1. The maximum atomic E-state index is 13.4. The van der Waals surface area contributed by atoms with Crippen LogP contribution in [-0.2, 0) is 11.3 Å². The number of carbonyl (C=O) groups excluding carboxylic acids is 2. The van der Waals surface area contributed by atoms with E-state index in [0.29, 0.717) is 5.56 Å². The quantitative estimate of drug-likeness (QED) is 0.781. The third-order valence-corrected chi connectivity index (χ3v) is 2.71. The second kappa shape index (κ2) is 6.34. The molecule has 1 aromatic carbocycles. The minimum atomic E-state index is -0.786. The van der Waals surface area contributed by atoms with E-state index in [9.17, 15) is 14.0 Å². The highest BCUT2D eigenvalue weighted by Gasteiger charge is 2.14. The molecule has 0 aromatic heterocycles. The molecule has 0 radical (unpaired) electrons. The summed E-state index contributed by atoms with van der Waals surface area (Å²) in [5.41, 5.74) is 5.24. The van der Waals surface area contributed by atoms with Crippen LogP contribution in [0.5, 0.6) is 0 Å². The first kappa shape index (κ1) is 14.4. The average Bonchev–Trinajstić information content (AvgIpc) is 2.29. The summed E-state index contributed by atoms with van der Waals surface area (Å²) in [4.78, 5) is 22.1. The van der Waals surface area contributed by atoms with Crippen molar-refractivity contribution in [3.8, 4) is 0 Å². The lowest BCUT2D eigenvalue weighted by atomic mass is 10.2. The Morgan fingerprint density at radius 3 is 2.78 bits per heavy atom. The maximum Gasteiger partial charge on any atom is 0.312 e. The van der Waals surface area contributed by atoms with E-state index in [1.807, 2.05) is 0 Å². The second-order valence-corrected chi connectivity index (χ2v) is 4.60. The fraction of sp³-hybridized carbons (Fsp3) is 0.273. The molecular formula is C11H13BrFN3O2. The molecule has 1 aromatic rings. The molecule has 1 atom stereocenters. The minimum Gasteiger partial charge on any atom is -0.352 e. The number of halogens is 2. The molecule has 0 saturated carbocycles. The van der Waals surface area contributed by atoms with E-state index < -0.39 is 23.8 Å². The lowest BCUT2D eigenvalue weighted by molar-refractivity contribution is -0.122. The largest absolute Gasteiger partial charge is 0.352 e. The number of urea groups is 1. The van der Waals surface area contributed by atoms with Crippen LogP contribution in [0.3, 0.4) is 0 Å². The minimum absolute atomic E-state index is 0.0366.